The molecular weight excluding hydrogens is 260 g/mol. The number of nitrogens with zero attached hydrogens (tertiary/aromatic N) is 2. The molecule has 0 aliphatic carbocycles. The average Bonchev–Trinajstić information content (AvgIpc) is 3.00. The Hall–Kier alpha value is -1.90. The Bertz CT molecular complexity index is 621. The number of hydrogen-bond acceptors (Lipinski definition) is 5. The monoisotopic (exact) mass is 272 g/mol. The Morgan fingerprint density at radius 3 is 3.05 bits per heavy atom. The van der Waals surface area contributed by atoms with Crippen molar-refractivity contribution >= 4 is 11.3 Å². The minimum Gasteiger partial charge on any atom is -0.492 e. The van der Waals surface area contributed by atoms with Crippen LogP contribution in [0.5, 0.6) is 5.75 Å². The molecule has 0 saturated heterocycles. The highest BCUT2D eigenvalue weighted by Gasteiger charge is 2.44. The summed E-state index contributed by atoms with van der Waals surface area (Å²) in [5.74, 6) is 0.796. The molecule has 0 amide bonds. The van der Waals surface area contributed by atoms with Gasteiger partial charge in [-0.25, -0.2) is 0 Å². The summed E-state index contributed by atoms with van der Waals surface area (Å²) < 4.78 is 5.65. The van der Waals surface area contributed by atoms with E-state index in [4.69, 9.17) is 4.74 Å². The molecule has 2 unspecified atom stereocenters. The highest BCUT2D eigenvalue weighted by atomic mass is 32.1. The molecule has 0 radical (unpaired) electrons. The fourth-order valence-corrected chi connectivity index (χ4v) is 3.05. The van der Waals surface area contributed by atoms with Gasteiger partial charge in [-0.2, -0.15) is 5.26 Å². The van der Waals surface area contributed by atoms with Crippen molar-refractivity contribution in [1.29, 1.82) is 5.26 Å². The van der Waals surface area contributed by atoms with E-state index in [0.717, 1.165) is 11.3 Å². The molecule has 4 nitrogen and oxygen atoms in total. The summed E-state index contributed by atoms with van der Waals surface area (Å²) in [6.07, 6.45) is 1.21. The molecule has 1 aliphatic rings. The zero-order valence-corrected chi connectivity index (χ0v) is 10.9. The fourth-order valence-electron chi connectivity index (χ4n) is 2.33. The first-order valence-electron chi connectivity index (χ1n) is 5.93. The third-order valence-corrected chi connectivity index (χ3v) is 4.26. The molecule has 1 N–H and O–H groups in total. The molecule has 2 aromatic rings. The summed E-state index contributed by atoms with van der Waals surface area (Å²) in [6, 6.07) is 9.88. The summed E-state index contributed by atoms with van der Waals surface area (Å²) in [7, 11) is 0. The van der Waals surface area contributed by atoms with Gasteiger partial charge in [0.15, 0.2) is 0 Å². The van der Waals surface area contributed by atoms with Crippen LogP contribution in [0.4, 0.5) is 0 Å². The van der Waals surface area contributed by atoms with Crippen LogP contribution in [0.25, 0.3) is 0 Å². The maximum Gasteiger partial charge on any atom is 0.126 e. The van der Waals surface area contributed by atoms with E-state index in [2.05, 4.69) is 11.1 Å². The van der Waals surface area contributed by atoms with E-state index in [1.807, 2.05) is 24.3 Å². The van der Waals surface area contributed by atoms with Crippen LogP contribution in [0.2, 0.25) is 0 Å². The van der Waals surface area contributed by atoms with Crippen LogP contribution in [0.1, 0.15) is 16.5 Å². The van der Waals surface area contributed by atoms with E-state index in [-0.39, 0.29) is 6.61 Å². The van der Waals surface area contributed by atoms with Crippen LogP contribution in [0.3, 0.4) is 0 Å². The Balaban J connectivity index is 1.97. The van der Waals surface area contributed by atoms with Crippen molar-refractivity contribution in [2.24, 2.45) is 5.41 Å². The molecule has 96 valence electrons. The van der Waals surface area contributed by atoms with Gasteiger partial charge in [0, 0.05) is 12.6 Å². The second-order valence-corrected chi connectivity index (χ2v) is 5.57. The number of aliphatic hydroxyl groups excluding tert-OH is 1. The number of rotatable bonds is 2. The standard InChI is InChI=1S/C14H12N2O2S/c15-7-14(13(17)12-6-16-9-19-12)5-10-3-1-2-4-11(10)18-8-14/h1-4,6,9,13,17H,5,8H2. The van der Waals surface area contributed by atoms with E-state index >= 15 is 0 Å². The zero-order valence-electron chi connectivity index (χ0n) is 10.1. The summed E-state index contributed by atoms with van der Waals surface area (Å²) in [5, 5.41) is 20.0. The molecule has 19 heavy (non-hydrogen) atoms. The molecule has 0 saturated carbocycles. The highest BCUT2D eigenvalue weighted by Crippen LogP contribution is 2.43. The van der Waals surface area contributed by atoms with Crippen LogP contribution in [0, 0.1) is 16.7 Å². The Morgan fingerprint density at radius 2 is 2.32 bits per heavy atom. The lowest BCUT2D eigenvalue weighted by atomic mass is 9.76. The van der Waals surface area contributed by atoms with Gasteiger partial charge in [-0.15, -0.1) is 11.3 Å². The van der Waals surface area contributed by atoms with Crippen LogP contribution >= 0.6 is 11.3 Å². The maximum atomic E-state index is 10.5. The predicted octanol–water partition coefficient (Wildman–Crippen LogP) is 2.32. The minimum absolute atomic E-state index is 0.194. The van der Waals surface area contributed by atoms with Crippen molar-refractivity contribution in [3.05, 3.63) is 46.4 Å². The normalized spacial score (nSPS) is 22.9. The van der Waals surface area contributed by atoms with Gasteiger partial charge in [0.1, 0.15) is 23.9 Å². The molecule has 3 rings (SSSR count). The van der Waals surface area contributed by atoms with E-state index in [1.54, 1.807) is 11.7 Å². The summed E-state index contributed by atoms with van der Waals surface area (Å²) in [6.45, 7) is 0.194. The number of thiazole rings is 1. The number of fused-ring (bicyclic) bond motifs is 1. The molecular formula is C14H12N2O2S. The highest BCUT2D eigenvalue weighted by molar-refractivity contribution is 7.09. The van der Waals surface area contributed by atoms with E-state index in [0.29, 0.717) is 11.3 Å². The number of ether oxygens (including phenoxy) is 1. The maximum absolute atomic E-state index is 10.5. The lowest BCUT2D eigenvalue weighted by Crippen LogP contribution is -2.38. The summed E-state index contributed by atoms with van der Waals surface area (Å²) >= 11 is 1.35. The zero-order chi connectivity index (χ0) is 13.3. The lowest BCUT2D eigenvalue weighted by molar-refractivity contribution is 0.0193. The first-order chi connectivity index (χ1) is 9.25. The second kappa shape index (κ2) is 4.65. The molecule has 5 heteroatoms. The van der Waals surface area contributed by atoms with Crippen LogP contribution < -0.4 is 4.74 Å². The Kier molecular flexibility index (Phi) is 2.97. The Labute approximate surface area is 114 Å². The van der Waals surface area contributed by atoms with Crippen LogP contribution in [0.15, 0.2) is 36.0 Å². The van der Waals surface area contributed by atoms with Gasteiger partial charge < -0.3 is 9.84 Å². The minimum atomic E-state index is -0.944. The van der Waals surface area contributed by atoms with Gasteiger partial charge in [0.2, 0.25) is 0 Å². The van der Waals surface area contributed by atoms with Gasteiger partial charge >= 0.3 is 0 Å². The topological polar surface area (TPSA) is 66.1 Å². The smallest absolute Gasteiger partial charge is 0.126 e. The molecule has 2 heterocycles. The Morgan fingerprint density at radius 1 is 1.47 bits per heavy atom. The van der Waals surface area contributed by atoms with Crippen molar-refractivity contribution in [2.75, 3.05) is 6.61 Å². The predicted molar refractivity (Wildman–Crippen MR) is 70.8 cm³/mol. The van der Waals surface area contributed by atoms with Crippen LogP contribution in [-0.4, -0.2) is 16.7 Å². The van der Waals surface area contributed by atoms with Gasteiger partial charge in [0.25, 0.3) is 0 Å². The second-order valence-electron chi connectivity index (χ2n) is 4.65. The SMILES string of the molecule is N#CC1(C(O)c2cncs2)COc2ccccc2C1. The quantitative estimate of drug-likeness (QED) is 0.911. The molecule has 0 spiro atoms. The van der Waals surface area contributed by atoms with E-state index < -0.39 is 11.5 Å². The molecule has 1 aromatic carbocycles. The first-order valence-corrected chi connectivity index (χ1v) is 6.81. The number of para-hydroxylation sites is 1. The molecule has 0 bridgehead atoms. The third-order valence-electron chi connectivity index (χ3n) is 3.43. The van der Waals surface area contributed by atoms with Crippen molar-refractivity contribution in [2.45, 2.75) is 12.5 Å². The van der Waals surface area contributed by atoms with Crippen molar-refractivity contribution < 1.29 is 9.84 Å². The third kappa shape index (κ3) is 1.99. The molecule has 0 fully saturated rings. The van der Waals surface area contributed by atoms with Crippen molar-refractivity contribution in [3.63, 3.8) is 0 Å². The fraction of sp³-hybridized carbons (Fsp3) is 0.286. The number of nitriles is 1. The van der Waals surface area contributed by atoms with Gasteiger partial charge in [0.05, 0.1) is 16.5 Å². The molecule has 2 atom stereocenters. The van der Waals surface area contributed by atoms with Gasteiger partial charge in [-0.1, -0.05) is 18.2 Å². The molecule has 1 aromatic heterocycles. The van der Waals surface area contributed by atoms with Crippen molar-refractivity contribution in [3.8, 4) is 11.8 Å². The number of hydrogen-bond donors (Lipinski definition) is 1. The largest absolute Gasteiger partial charge is 0.492 e. The van der Waals surface area contributed by atoms with Gasteiger partial charge in [-0.3, -0.25) is 4.98 Å². The first kappa shape index (κ1) is 12.2. The average molecular weight is 272 g/mol. The summed E-state index contributed by atoms with van der Waals surface area (Å²) in [4.78, 5) is 4.65. The van der Waals surface area contributed by atoms with E-state index in [1.165, 1.54) is 11.3 Å². The lowest BCUT2D eigenvalue weighted by Gasteiger charge is -2.35. The number of benzene rings is 1. The number of aliphatic hydroxyl groups is 1. The molecule has 1 aliphatic heterocycles. The summed E-state index contributed by atoms with van der Waals surface area (Å²) in [5.41, 5.74) is 1.67. The van der Waals surface area contributed by atoms with E-state index in [9.17, 15) is 10.4 Å². The van der Waals surface area contributed by atoms with Crippen molar-refractivity contribution in [1.82, 2.24) is 4.98 Å². The number of aromatic nitrogens is 1. The van der Waals surface area contributed by atoms with Crippen LogP contribution in [-0.2, 0) is 6.42 Å². The van der Waals surface area contributed by atoms with Gasteiger partial charge in [-0.05, 0) is 11.6 Å².